The number of carbonyl (C=O) groups is 2. The minimum atomic E-state index is -1.20. The number of hydrogen-bond acceptors (Lipinski definition) is 5. The molecule has 0 saturated carbocycles. The number of rotatable bonds is 5. The van der Waals surface area contributed by atoms with E-state index in [4.69, 9.17) is 5.11 Å². The van der Waals surface area contributed by atoms with E-state index in [1.165, 1.54) is 19.2 Å². The summed E-state index contributed by atoms with van der Waals surface area (Å²) in [4.78, 5) is 35.8. The number of pyridine rings is 1. The third kappa shape index (κ3) is 3.91. The maximum atomic E-state index is 11.7. The van der Waals surface area contributed by atoms with Crippen LogP contribution in [-0.4, -0.2) is 40.1 Å². The SMILES string of the molecule is Cc1c([N+](=O)[O-])ccnc1C(=O)NCCNC(=O)O. The van der Waals surface area contributed by atoms with E-state index in [0.717, 1.165) is 0 Å². The zero-order chi connectivity index (χ0) is 14.4. The van der Waals surface area contributed by atoms with Crippen LogP contribution in [0, 0.1) is 17.0 Å². The van der Waals surface area contributed by atoms with Crippen LogP contribution < -0.4 is 10.6 Å². The van der Waals surface area contributed by atoms with Gasteiger partial charge < -0.3 is 15.7 Å². The Morgan fingerprint density at radius 1 is 1.42 bits per heavy atom. The molecule has 0 fully saturated rings. The largest absolute Gasteiger partial charge is 0.465 e. The van der Waals surface area contributed by atoms with Crippen molar-refractivity contribution in [3.63, 3.8) is 0 Å². The quantitative estimate of drug-likeness (QED) is 0.399. The van der Waals surface area contributed by atoms with E-state index in [1.807, 2.05) is 0 Å². The van der Waals surface area contributed by atoms with Crippen LogP contribution >= 0.6 is 0 Å². The second-order valence-electron chi connectivity index (χ2n) is 3.55. The van der Waals surface area contributed by atoms with Gasteiger partial charge in [0, 0.05) is 25.4 Å². The molecule has 1 rings (SSSR count). The molecule has 9 heteroatoms. The molecule has 0 unspecified atom stereocenters. The maximum absolute atomic E-state index is 11.7. The van der Waals surface area contributed by atoms with E-state index in [-0.39, 0.29) is 30.0 Å². The number of carbonyl (C=O) groups excluding carboxylic acids is 1. The molecule has 0 saturated heterocycles. The van der Waals surface area contributed by atoms with Crippen molar-refractivity contribution in [2.75, 3.05) is 13.1 Å². The van der Waals surface area contributed by atoms with Gasteiger partial charge in [0.05, 0.1) is 10.5 Å². The van der Waals surface area contributed by atoms with Gasteiger partial charge in [-0.25, -0.2) is 4.79 Å². The molecule has 0 spiro atoms. The predicted octanol–water partition coefficient (Wildman–Crippen LogP) is 0.296. The third-order valence-electron chi connectivity index (χ3n) is 2.27. The Kier molecular flexibility index (Phi) is 4.75. The highest BCUT2D eigenvalue weighted by Gasteiger charge is 2.19. The van der Waals surface area contributed by atoms with Gasteiger partial charge in [0.2, 0.25) is 0 Å². The molecule has 0 radical (unpaired) electrons. The lowest BCUT2D eigenvalue weighted by atomic mass is 10.1. The fourth-order valence-electron chi connectivity index (χ4n) is 1.38. The second kappa shape index (κ2) is 6.28. The molecule has 0 bridgehead atoms. The highest BCUT2D eigenvalue weighted by atomic mass is 16.6. The molecule has 9 nitrogen and oxygen atoms in total. The highest BCUT2D eigenvalue weighted by Crippen LogP contribution is 2.18. The first-order chi connectivity index (χ1) is 8.93. The Morgan fingerprint density at radius 3 is 2.63 bits per heavy atom. The molecule has 1 heterocycles. The first-order valence-corrected chi connectivity index (χ1v) is 5.28. The molecule has 102 valence electrons. The fourth-order valence-corrected chi connectivity index (χ4v) is 1.38. The van der Waals surface area contributed by atoms with E-state index in [1.54, 1.807) is 0 Å². The zero-order valence-electron chi connectivity index (χ0n) is 10.0. The van der Waals surface area contributed by atoms with E-state index in [9.17, 15) is 19.7 Å². The van der Waals surface area contributed by atoms with Crippen molar-refractivity contribution in [3.8, 4) is 0 Å². The van der Waals surface area contributed by atoms with Crippen molar-refractivity contribution in [1.29, 1.82) is 0 Å². The van der Waals surface area contributed by atoms with Gasteiger partial charge in [-0.2, -0.15) is 0 Å². The smallest absolute Gasteiger partial charge is 0.404 e. The van der Waals surface area contributed by atoms with Gasteiger partial charge in [0.1, 0.15) is 5.69 Å². The lowest BCUT2D eigenvalue weighted by molar-refractivity contribution is -0.385. The molecular weight excluding hydrogens is 256 g/mol. The number of hydrogen-bond donors (Lipinski definition) is 3. The number of aromatic nitrogens is 1. The summed E-state index contributed by atoms with van der Waals surface area (Å²) in [5, 5.41) is 23.5. The topological polar surface area (TPSA) is 134 Å². The molecule has 0 aliphatic rings. The predicted molar refractivity (Wildman–Crippen MR) is 64.0 cm³/mol. The first-order valence-electron chi connectivity index (χ1n) is 5.28. The number of carboxylic acid groups (broad SMARTS) is 1. The van der Waals surface area contributed by atoms with Crippen molar-refractivity contribution in [1.82, 2.24) is 15.6 Å². The molecular formula is C10H12N4O5. The van der Waals surface area contributed by atoms with E-state index >= 15 is 0 Å². The molecule has 0 atom stereocenters. The van der Waals surface area contributed by atoms with Crippen molar-refractivity contribution >= 4 is 17.7 Å². The van der Waals surface area contributed by atoms with Crippen molar-refractivity contribution in [3.05, 3.63) is 33.6 Å². The normalized spacial score (nSPS) is 9.74. The van der Waals surface area contributed by atoms with Gasteiger partial charge in [0.15, 0.2) is 0 Å². The monoisotopic (exact) mass is 268 g/mol. The van der Waals surface area contributed by atoms with Gasteiger partial charge in [-0.05, 0) is 6.92 Å². The van der Waals surface area contributed by atoms with Crippen LogP contribution in [-0.2, 0) is 0 Å². The summed E-state index contributed by atoms with van der Waals surface area (Å²) in [5.41, 5.74) is -0.0791. The molecule has 0 aromatic carbocycles. The second-order valence-corrected chi connectivity index (χ2v) is 3.55. The summed E-state index contributed by atoms with van der Waals surface area (Å²) in [5.74, 6) is -0.589. The Bertz CT molecular complexity index is 517. The average Bonchev–Trinajstić information content (AvgIpc) is 2.34. The standard InChI is InChI=1S/C10H12N4O5/c1-6-7(14(18)19)2-3-11-8(6)9(15)12-4-5-13-10(16)17/h2-3,13H,4-5H2,1H3,(H,12,15)(H,16,17). The number of nitro groups is 1. The Labute approximate surface area is 107 Å². The summed E-state index contributed by atoms with van der Waals surface area (Å²) in [6, 6.07) is 1.21. The minimum Gasteiger partial charge on any atom is -0.465 e. The van der Waals surface area contributed by atoms with E-state index in [0.29, 0.717) is 0 Å². The Hall–Kier alpha value is -2.71. The number of nitrogens with one attached hydrogen (secondary N) is 2. The molecule has 3 N–H and O–H groups in total. The van der Waals surface area contributed by atoms with Crippen LogP contribution in [0.3, 0.4) is 0 Å². The van der Waals surface area contributed by atoms with Gasteiger partial charge in [-0.3, -0.25) is 19.9 Å². The average molecular weight is 268 g/mol. The summed E-state index contributed by atoms with van der Waals surface area (Å²) in [6.07, 6.45) is -0.0193. The van der Waals surface area contributed by atoms with Crippen LogP contribution in [0.1, 0.15) is 16.1 Å². The van der Waals surface area contributed by atoms with Gasteiger partial charge in [0.25, 0.3) is 11.6 Å². The lowest BCUT2D eigenvalue weighted by Crippen LogP contribution is -2.34. The molecule has 19 heavy (non-hydrogen) atoms. The van der Waals surface area contributed by atoms with Crippen molar-refractivity contribution in [2.24, 2.45) is 0 Å². The number of nitrogens with zero attached hydrogens (tertiary/aromatic N) is 2. The first kappa shape index (κ1) is 14.4. The molecule has 1 aromatic rings. The summed E-state index contributed by atoms with van der Waals surface area (Å²) >= 11 is 0. The van der Waals surface area contributed by atoms with Crippen LogP contribution in [0.5, 0.6) is 0 Å². The molecule has 0 aliphatic carbocycles. The number of amides is 2. The van der Waals surface area contributed by atoms with E-state index < -0.39 is 16.9 Å². The molecule has 2 amide bonds. The van der Waals surface area contributed by atoms with Crippen LogP contribution in [0.25, 0.3) is 0 Å². The summed E-state index contributed by atoms with van der Waals surface area (Å²) in [7, 11) is 0. The summed E-state index contributed by atoms with van der Waals surface area (Å²) < 4.78 is 0. The van der Waals surface area contributed by atoms with Crippen molar-refractivity contribution < 1.29 is 19.6 Å². The highest BCUT2D eigenvalue weighted by molar-refractivity contribution is 5.94. The minimum absolute atomic E-state index is 0.0368. The Balaban J connectivity index is 2.70. The molecule has 1 aromatic heterocycles. The van der Waals surface area contributed by atoms with E-state index in [2.05, 4.69) is 15.6 Å². The lowest BCUT2D eigenvalue weighted by Gasteiger charge is -2.06. The van der Waals surface area contributed by atoms with Crippen molar-refractivity contribution in [2.45, 2.75) is 6.92 Å². The zero-order valence-corrected chi connectivity index (χ0v) is 10.0. The van der Waals surface area contributed by atoms with Crippen LogP contribution in [0.15, 0.2) is 12.3 Å². The third-order valence-corrected chi connectivity index (χ3v) is 2.27. The fraction of sp³-hybridized carbons (Fsp3) is 0.300. The maximum Gasteiger partial charge on any atom is 0.404 e. The van der Waals surface area contributed by atoms with Crippen LogP contribution in [0.4, 0.5) is 10.5 Å². The summed E-state index contributed by atoms with van der Waals surface area (Å²) in [6.45, 7) is 1.53. The molecule has 0 aliphatic heterocycles. The van der Waals surface area contributed by atoms with Gasteiger partial charge >= 0.3 is 6.09 Å². The van der Waals surface area contributed by atoms with Gasteiger partial charge in [-0.15, -0.1) is 0 Å². The Morgan fingerprint density at radius 2 is 2.05 bits per heavy atom. The van der Waals surface area contributed by atoms with Crippen LogP contribution in [0.2, 0.25) is 0 Å². The van der Waals surface area contributed by atoms with Gasteiger partial charge in [-0.1, -0.05) is 0 Å².